The van der Waals surface area contributed by atoms with Crippen LogP contribution in [0.15, 0.2) is 36.4 Å². The molecule has 2 aromatic rings. The zero-order valence-electron chi connectivity index (χ0n) is 22.8. The lowest BCUT2D eigenvalue weighted by molar-refractivity contribution is -0.135. The summed E-state index contributed by atoms with van der Waals surface area (Å²) < 4.78 is 0. The van der Waals surface area contributed by atoms with Crippen LogP contribution in [0, 0.1) is 6.92 Å². The SMILES string of the molecule is CCc1nc(C(N)=O)c(Nc2cccc(C(C)CNC(=O)C(C)N(C)C(=O)/C=C/CN(C)C)c2)nc1C. The van der Waals surface area contributed by atoms with Crippen LogP contribution in [0.25, 0.3) is 0 Å². The summed E-state index contributed by atoms with van der Waals surface area (Å²) in [5.41, 5.74) is 8.78. The molecule has 10 nitrogen and oxygen atoms in total. The first-order valence-corrected chi connectivity index (χ1v) is 12.3. The highest BCUT2D eigenvalue weighted by atomic mass is 16.2. The van der Waals surface area contributed by atoms with Gasteiger partial charge in [0.1, 0.15) is 6.04 Å². The second-order valence-corrected chi connectivity index (χ2v) is 9.36. The topological polar surface area (TPSA) is 134 Å². The number of nitrogens with two attached hydrogens (primary N) is 1. The lowest BCUT2D eigenvalue weighted by Gasteiger charge is -2.24. The first-order chi connectivity index (χ1) is 17.4. The smallest absolute Gasteiger partial charge is 0.271 e. The second-order valence-electron chi connectivity index (χ2n) is 9.36. The van der Waals surface area contributed by atoms with Crippen LogP contribution in [0.3, 0.4) is 0 Å². The van der Waals surface area contributed by atoms with Crippen molar-refractivity contribution in [2.45, 2.75) is 46.1 Å². The number of hydrogen-bond donors (Lipinski definition) is 3. The summed E-state index contributed by atoms with van der Waals surface area (Å²) in [4.78, 5) is 49.2. The first-order valence-electron chi connectivity index (χ1n) is 12.3. The van der Waals surface area contributed by atoms with Crippen molar-refractivity contribution in [2.75, 3.05) is 39.5 Å². The molecule has 3 amide bonds. The molecule has 0 saturated heterocycles. The van der Waals surface area contributed by atoms with E-state index in [1.54, 1.807) is 20.0 Å². The van der Waals surface area contributed by atoms with E-state index in [0.717, 1.165) is 22.6 Å². The molecule has 1 aromatic carbocycles. The Morgan fingerprint density at radius 1 is 1.14 bits per heavy atom. The van der Waals surface area contributed by atoms with Crippen molar-refractivity contribution in [3.8, 4) is 0 Å². The molecule has 4 N–H and O–H groups in total. The van der Waals surface area contributed by atoms with Crippen LogP contribution in [0.2, 0.25) is 0 Å². The quantitative estimate of drug-likeness (QED) is 0.374. The number of carbonyl (C=O) groups is 3. The summed E-state index contributed by atoms with van der Waals surface area (Å²) in [7, 11) is 5.44. The number of amides is 3. The minimum absolute atomic E-state index is 0.00945. The van der Waals surface area contributed by atoms with Gasteiger partial charge in [0.25, 0.3) is 5.91 Å². The summed E-state index contributed by atoms with van der Waals surface area (Å²) in [6.07, 6.45) is 3.90. The molecule has 10 heteroatoms. The molecule has 0 aliphatic carbocycles. The molecule has 0 saturated carbocycles. The van der Waals surface area contributed by atoms with Crippen molar-refractivity contribution in [2.24, 2.45) is 5.73 Å². The van der Waals surface area contributed by atoms with Crippen LogP contribution in [0.1, 0.15) is 54.1 Å². The summed E-state index contributed by atoms with van der Waals surface area (Å²) >= 11 is 0. The van der Waals surface area contributed by atoms with E-state index in [0.29, 0.717) is 25.3 Å². The largest absolute Gasteiger partial charge is 0.364 e. The number of nitrogens with one attached hydrogen (secondary N) is 2. The third kappa shape index (κ3) is 8.38. The number of carbonyl (C=O) groups excluding carboxylic acids is 3. The number of primary amides is 1. The number of anilines is 2. The van der Waals surface area contributed by atoms with Gasteiger partial charge in [0.2, 0.25) is 11.8 Å². The Bertz CT molecular complexity index is 1150. The van der Waals surface area contributed by atoms with E-state index in [9.17, 15) is 14.4 Å². The second kappa shape index (κ2) is 13.5. The van der Waals surface area contributed by atoms with E-state index >= 15 is 0 Å². The maximum Gasteiger partial charge on any atom is 0.271 e. The number of likely N-dealkylation sites (N-methyl/N-ethyl adjacent to an activating group) is 2. The molecule has 1 aromatic heterocycles. The lowest BCUT2D eigenvalue weighted by Crippen LogP contribution is -2.46. The van der Waals surface area contributed by atoms with Gasteiger partial charge in [-0.05, 0) is 58.0 Å². The van der Waals surface area contributed by atoms with E-state index in [4.69, 9.17) is 5.73 Å². The fourth-order valence-electron chi connectivity index (χ4n) is 3.58. The molecule has 2 atom stereocenters. The molecule has 200 valence electrons. The summed E-state index contributed by atoms with van der Waals surface area (Å²) in [5, 5.41) is 6.10. The van der Waals surface area contributed by atoms with E-state index < -0.39 is 11.9 Å². The fourth-order valence-corrected chi connectivity index (χ4v) is 3.58. The van der Waals surface area contributed by atoms with E-state index in [1.165, 1.54) is 11.0 Å². The molecule has 2 rings (SSSR count). The zero-order valence-corrected chi connectivity index (χ0v) is 22.8. The van der Waals surface area contributed by atoms with E-state index in [-0.39, 0.29) is 23.4 Å². The van der Waals surface area contributed by atoms with Crippen molar-refractivity contribution in [1.29, 1.82) is 0 Å². The minimum atomic E-state index is -0.650. The average molecular weight is 510 g/mol. The highest BCUT2D eigenvalue weighted by Crippen LogP contribution is 2.23. The normalized spacial score (nSPS) is 12.9. The zero-order chi connectivity index (χ0) is 27.7. The molecule has 0 aliphatic rings. The van der Waals surface area contributed by atoms with Crippen molar-refractivity contribution in [3.63, 3.8) is 0 Å². The Morgan fingerprint density at radius 3 is 2.46 bits per heavy atom. The lowest BCUT2D eigenvalue weighted by atomic mass is 10.0. The molecule has 1 heterocycles. The van der Waals surface area contributed by atoms with Gasteiger partial charge in [-0.25, -0.2) is 9.97 Å². The Morgan fingerprint density at radius 2 is 1.84 bits per heavy atom. The highest BCUT2D eigenvalue weighted by Gasteiger charge is 2.21. The van der Waals surface area contributed by atoms with Crippen molar-refractivity contribution >= 4 is 29.2 Å². The highest BCUT2D eigenvalue weighted by molar-refractivity contribution is 5.96. The Kier molecular flexibility index (Phi) is 10.7. The maximum atomic E-state index is 12.7. The molecular weight excluding hydrogens is 470 g/mol. The van der Waals surface area contributed by atoms with Crippen LogP contribution < -0.4 is 16.4 Å². The molecule has 0 bridgehead atoms. The minimum Gasteiger partial charge on any atom is -0.364 e. The molecule has 0 spiro atoms. The van der Waals surface area contributed by atoms with Gasteiger partial charge in [-0.1, -0.05) is 32.1 Å². The van der Waals surface area contributed by atoms with Crippen LogP contribution in [0.4, 0.5) is 11.5 Å². The number of aromatic nitrogens is 2. The Labute approximate surface area is 219 Å². The third-order valence-corrected chi connectivity index (χ3v) is 6.08. The predicted octanol–water partition coefficient (Wildman–Crippen LogP) is 2.37. The van der Waals surface area contributed by atoms with Gasteiger partial charge in [-0.3, -0.25) is 14.4 Å². The van der Waals surface area contributed by atoms with E-state index in [2.05, 4.69) is 20.6 Å². The van der Waals surface area contributed by atoms with Gasteiger partial charge in [-0.15, -0.1) is 0 Å². The van der Waals surface area contributed by atoms with Gasteiger partial charge in [0.05, 0.1) is 11.4 Å². The molecule has 0 radical (unpaired) electrons. The van der Waals surface area contributed by atoms with Gasteiger partial charge < -0.3 is 26.2 Å². The number of hydrogen-bond acceptors (Lipinski definition) is 7. The van der Waals surface area contributed by atoms with Crippen molar-refractivity contribution in [3.05, 3.63) is 59.1 Å². The van der Waals surface area contributed by atoms with E-state index in [1.807, 2.05) is 64.0 Å². The number of rotatable bonds is 12. The average Bonchev–Trinajstić information content (AvgIpc) is 2.85. The summed E-state index contributed by atoms with van der Waals surface area (Å²) in [6.45, 7) is 8.52. The van der Waals surface area contributed by atoms with Gasteiger partial charge in [-0.2, -0.15) is 0 Å². The van der Waals surface area contributed by atoms with Crippen LogP contribution in [-0.4, -0.2) is 77.8 Å². The first kappa shape index (κ1) is 29.4. The van der Waals surface area contributed by atoms with Gasteiger partial charge >= 0.3 is 0 Å². The molecule has 0 fully saturated rings. The molecule has 0 aliphatic heterocycles. The number of nitrogens with zero attached hydrogens (tertiary/aromatic N) is 4. The van der Waals surface area contributed by atoms with Gasteiger partial charge in [0.15, 0.2) is 11.5 Å². The summed E-state index contributed by atoms with van der Waals surface area (Å²) in [6, 6.07) is 7.02. The fraction of sp³-hybridized carbons (Fsp3) is 0.444. The van der Waals surface area contributed by atoms with Crippen molar-refractivity contribution < 1.29 is 14.4 Å². The number of aryl methyl sites for hydroxylation is 2. The molecule has 37 heavy (non-hydrogen) atoms. The molecule has 2 unspecified atom stereocenters. The monoisotopic (exact) mass is 509 g/mol. The van der Waals surface area contributed by atoms with Crippen LogP contribution in [0.5, 0.6) is 0 Å². The third-order valence-electron chi connectivity index (χ3n) is 6.08. The van der Waals surface area contributed by atoms with Crippen LogP contribution >= 0.6 is 0 Å². The van der Waals surface area contributed by atoms with Crippen molar-refractivity contribution in [1.82, 2.24) is 25.1 Å². The maximum absolute atomic E-state index is 12.7. The Balaban J connectivity index is 2.05. The predicted molar refractivity (Wildman–Crippen MR) is 146 cm³/mol. The Hall–Kier alpha value is -3.79. The number of benzene rings is 1. The summed E-state index contributed by atoms with van der Waals surface area (Å²) in [5.74, 6) is -0.809. The van der Waals surface area contributed by atoms with Gasteiger partial charge in [0, 0.05) is 31.9 Å². The molecular formula is C27H39N7O3. The standard InChI is InChI=1S/C27H39N7O3/c1-8-22-18(3)30-26(24(32-22)25(28)36)31-21-12-9-11-20(15-21)17(2)16-29-27(37)19(4)34(7)23(35)13-10-14-33(5)6/h9-13,15,17,19H,8,14,16H2,1-7H3,(H2,28,36)(H,29,37)(H,30,31)/b13-10+. The van der Waals surface area contributed by atoms with Crippen LogP contribution in [-0.2, 0) is 16.0 Å².